The van der Waals surface area contributed by atoms with E-state index < -0.39 is 0 Å². The second-order valence-corrected chi connectivity index (χ2v) is 9.92. The lowest BCUT2D eigenvalue weighted by Gasteiger charge is -2.23. The molecule has 0 bridgehead atoms. The van der Waals surface area contributed by atoms with Crippen molar-refractivity contribution in [1.82, 2.24) is 4.90 Å². The van der Waals surface area contributed by atoms with Crippen LogP contribution in [0.15, 0.2) is 23.8 Å². The van der Waals surface area contributed by atoms with Gasteiger partial charge in [0, 0.05) is 26.4 Å². The Labute approximate surface area is 177 Å². The first-order chi connectivity index (χ1) is 13.9. The molecule has 164 valence electrons. The highest BCUT2D eigenvalue weighted by molar-refractivity contribution is 5.75. The van der Waals surface area contributed by atoms with Gasteiger partial charge in [-0.1, -0.05) is 55.9 Å². The minimum atomic E-state index is -0.368. The van der Waals surface area contributed by atoms with Crippen molar-refractivity contribution in [3.8, 4) is 0 Å². The number of hydrogen-bond acceptors (Lipinski definition) is 3. The molecule has 2 N–H and O–H groups in total. The van der Waals surface area contributed by atoms with Crippen LogP contribution in [-0.4, -0.2) is 47.3 Å². The molecule has 3 rings (SSSR count). The normalized spacial score (nSPS) is 31.1. The molecule has 3 aliphatic rings. The SMILES string of the molecule is CN(C)C(=O)CCCCC1=C[C@H]2C[C@@H](O)[C@H](/C=C/[C@@H](O)CC3CCCCC3)[C@H]2C1. The number of aliphatic hydroxyl groups is 2. The predicted octanol–water partition coefficient (Wildman–Crippen LogP) is 4.47. The number of aliphatic hydroxyl groups excluding tert-OH is 2. The third kappa shape index (κ3) is 6.42. The second-order valence-electron chi connectivity index (χ2n) is 9.92. The molecule has 0 radical (unpaired) electrons. The Bertz CT molecular complexity index is 591. The van der Waals surface area contributed by atoms with Crippen LogP contribution >= 0.6 is 0 Å². The van der Waals surface area contributed by atoms with Crippen LogP contribution in [0.25, 0.3) is 0 Å². The lowest BCUT2D eigenvalue weighted by atomic mass is 9.84. The molecule has 1 amide bonds. The number of hydrogen-bond donors (Lipinski definition) is 2. The van der Waals surface area contributed by atoms with Gasteiger partial charge in [0.1, 0.15) is 0 Å². The Morgan fingerprint density at radius 3 is 2.72 bits per heavy atom. The minimum Gasteiger partial charge on any atom is -0.392 e. The molecule has 3 aliphatic carbocycles. The molecule has 0 aromatic rings. The number of allylic oxidation sites excluding steroid dienone is 2. The molecule has 4 heteroatoms. The third-order valence-electron chi connectivity index (χ3n) is 7.44. The van der Waals surface area contributed by atoms with E-state index in [0.29, 0.717) is 24.2 Å². The van der Waals surface area contributed by atoms with Crippen molar-refractivity contribution in [3.05, 3.63) is 23.8 Å². The molecule has 0 saturated heterocycles. The number of rotatable bonds is 9. The number of carbonyl (C=O) groups excluding carboxylic acids is 1. The fourth-order valence-electron chi connectivity index (χ4n) is 5.74. The molecule has 0 spiro atoms. The van der Waals surface area contributed by atoms with E-state index in [1.165, 1.54) is 37.7 Å². The van der Waals surface area contributed by atoms with E-state index in [2.05, 4.69) is 12.2 Å². The van der Waals surface area contributed by atoms with Gasteiger partial charge in [-0.2, -0.15) is 0 Å². The van der Waals surface area contributed by atoms with Crippen molar-refractivity contribution >= 4 is 5.91 Å². The van der Waals surface area contributed by atoms with Crippen LogP contribution in [0.3, 0.4) is 0 Å². The van der Waals surface area contributed by atoms with Crippen molar-refractivity contribution in [2.45, 2.75) is 89.3 Å². The molecular formula is C25H41NO3. The summed E-state index contributed by atoms with van der Waals surface area (Å²) in [6.45, 7) is 0. The summed E-state index contributed by atoms with van der Waals surface area (Å²) in [4.78, 5) is 13.4. The van der Waals surface area contributed by atoms with Crippen LogP contribution in [-0.2, 0) is 4.79 Å². The number of amides is 1. The second kappa shape index (κ2) is 10.8. The van der Waals surface area contributed by atoms with Gasteiger partial charge in [0.15, 0.2) is 0 Å². The quantitative estimate of drug-likeness (QED) is 0.441. The zero-order valence-corrected chi connectivity index (χ0v) is 18.4. The van der Waals surface area contributed by atoms with Gasteiger partial charge in [0.25, 0.3) is 0 Å². The first-order valence-electron chi connectivity index (χ1n) is 11.9. The fraction of sp³-hybridized carbons (Fsp3) is 0.800. The van der Waals surface area contributed by atoms with E-state index in [4.69, 9.17) is 0 Å². The number of nitrogens with zero attached hydrogens (tertiary/aromatic N) is 1. The molecule has 5 atom stereocenters. The van der Waals surface area contributed by atoms with E-state index in [1.54, 1.807) is 4.90 Å². The summed E-state index contributed by atoms with van der Waals surface area (Å²) < 4.78 is 0. The predicted molar refractivity (Wildman–Crippen MR) is 117 cm³/mol. The Balaban J connectivity index is 1.42. The molecular weight excluding hydrogens is 362 g/mol. The highest BCUT2D eigenvalue weighted by Gasteiger charge is 2.43. The van der Waals surface area contributed by atoms with Crippen molar-refractivity contribution in [2.75, 3.05) is 14.1 Å². The van der Waals surface area contributed by atoms with Gasteiger partial charge in [0.05, 0.1) is 12.2 Å². The van der Waals surface area contributed by atoms with Gasteiger partial charge in [-0.15, -0.1) is 0 Å². The van der Waals surface area contributed by atoms with E-state index in [0.717, 1.165) is 38.5 Å². The molecule has 0 aliphatic heterocycles. The Hall–Kier alpha value is -1.13. The highest BCUT2D eigenvalue weighted by Crippen LogP contribution is 2.48. The van der Waals surface area contributed by atoms with Crippen LogP contribution in [0, 0.1) is 23.7 Å². The van der Waals surface area contributed by atoms with Crippen LogP contribution in [0.2, 0.25) is 0 Å². The van der Waals surface area contributed by atoms with Crippen molar-refractivity contribution in [3.63, 3.8) is 0 Å². The van der Waals surface area contributed by atoms with Gasteiger partial charge in [0.2, 0.25) is 5.91 Å². The lowest BCUT2D eigenvalue weighted by molar-refractivity contribution is -0.128. The van der Waals surface area contributed by atoms with Gasteiger partial charge >= 0.3 is 0 Å². The van der Waals surface area contributed by atoms with Crippen molar-refractivity contribution < 1.29 is 15.0 Å². The third-order valence-corrected chi connectivity index (χ3v) is 7.44. The molecule has 0 unspecified atom stereocenters. The standard InChI is InChI=1S/C25H41NO3/c1-26(2)25(29)11-7-6-10-19-14-20-17-24(28)22(23(20)16-19)13-12-21(27)15-18-8-4-3-5-9-18/h12-14,18,20-24,27-28H,3-11,15-17H2,1-2H3/b13-12+/t20-,21+,22+,23-,24+/m0/s1. The van der Waals surface area contributed by atoms with Gasteiger partial charge in [-0.25, -0.2) is 0 Å². The lowest BCUT2D eigenvalue weighted by Crippen LogP contribution is -2.21. The average molecular weight is 404 g/mol. The summed E-state index contributed by atoms with van der Waals surface area (Å²) in [6.07, 6.45) is 18.8. The first-order valence-corrected chi connectivity index (χ1v) is 11.9. The van der Waals surface area contributed by atoms with Crippen LogP contribution < -0.4 is 0 Å². The van der Waals surface area contributed by atoms with Crippen LogP contribution in [0.4, 0.5) is 0 Å². The molecule has 0 heterocycles. The Morgan fingerprint density at radius 2 is 2.00 bits per heavy atom. The number of unbranched alkanes of at least 4 members (excludes halogenated alkanes) is 1. The number of fused-ring (bicyclic) bond motifs is 1. The largest absolute Gasteiger partial charge is 0.392 e. The van der Waals surface area contributed by atoms with E-state index in [9.17, 15) is 15.0 Å². The summed E-state index contributed by atoms with van der Waals surface area (Å²) in [6, 6.07) is 0. The fourth-order valence-corrected chi connectivity index (χ4v) is 5.74. The summed E-state index contributed by atoms with van der Waals surface area (Å²) in [5, 5.41) is 21.0. The number of carbonyl (C=O) groups is 1. The van der Waals surface area contributed by atoms with E-state index in [-0.39, 0.29) is 24.0 Å². The van der Waals surface area contributed by atoms with Crippen LogP contribution in [0.1, 0.15) is 77.0 Å². The molecule has 0 aromatic carbocycles. The summed E-state index contributed by atoms with van der Waals surface area (Å²) in [5.74, 6) is 2.02. The Morgan fingerprint density at radius 1 is 1.24 bits per heavy atom. The molecule has 2 saturated carbocycles. The molecule has 2 fully saturated rings. The zero-order valence-electron chi connectivity index (χ0n) is 18.4. The van der Waals surface area contributed by atoms with Crippen molar-refractivity contribution in [2.24, 2.45) is 23.7 Å². The molecule has 29 heavy (non-hydrogen) atoms. The highest BCUT2D eigenvalue weighted by atomic mass is 16.3. The average Bonchev–Trinajstić information content (AvgIpc) is 3.20. The molecule has 0 aromatic heterocycles. The summed E-state index contributed by atoms with van der Waals surface area (Å²) >= 11 is 0. The summed E-state index contributed by atoms with van der Waals surface area (Å²) in [5.41, 5.74) is 1.50. The minimum absolute atomic E-state index is 0.171. The van der Waals surface area contributed by atoms with Gasteiger partial charge in [-0.3, -0.25) is 4.79 Å². The van der Waals surface area contributed by atoms with E-state index >= 15 is 0 Å². The maximum Gasteiger partial charge on any atom is 0.222 e. The zero-order chi connectivity index (χ0) is 20.8. The summed E-state index contributed by atoms with van der Waals surface area (Å²) in [7, 11) is 3.63. The topological polar surface area (TPSA) is 60.8 Å². The first kappa shape index (κ1) is 22.6. The van der Waals surface area contributed by atoms with E-state index in [1.807, 2.05) is 20.2 Å². The maximum atomic E-state index is 11.7. The van der Waals surface area contributed by atoms with Crippen molar-refractivity contribution in [1.29, 1.82) is 0 Å². The Kier molecular flexibility index (Phi) is 8.37. The monoisotopic (exact) mass is 403 g/mol. The van der Waals surface area contributed by atoms with Gasteiger partial charge < -0.3 is 15.1 Å². The van der Waals surface area contributed by atoms with Gasteiger partial charge in [-0.05, 0) is 56.3 Å². The molecule has 4 nitrogen and oxygen atoms in total. The smallest absolute Gasteiger partial charge is 0.222 e. The maximum absolute atomic E-state index is 11.7. The van der Waals surface area contributed by atoms with Crippen LogP contribution in [0.5, 0.6) is 0 Å².